The van der Waals surface area contributed by atoms with Gasteiger partial charge in [-0.3, -0.25) is 0 Å². The molecule has 2 N–H and O–H groups in total. The molecule has 0 radical (unpaired) electrons. The van der Waals surface area contributed by atoms with Gasteiger partial charge in [-0.15, -0.1) is 11.3 Å². The van der Waals surface area contributed by atoms with Gasteiger partial charge in [0.05, 0.1) is 18.1 Å². The maximum atomic E-state index is 5.65. The van der Waals surface area contributed by atoms with Crippen molar-refractivity contribution in [2.75, 3.05) is 19.7 Å². The number of hydrogen-bond acceptors (Lipinski definition) is 4. The van der Waals surface area contributed by atoms with Crippen LogP contribution in [0.25, 0.3) is 0 Å². The average molecular weight is 318 g/mol. The number of aromatic nitrogens is 1. The fourth-order valence-electron chi connectivity index (χ4n) is 1.83. The van der Waals surface area contributed by atoms with E-state index in [0.717, 1.165) is 28.1 Å². The first-order valence-corrected chi connectivity index (χ1v) is 8.21. The fraction of sp³-hybridized carbons (Fsp3) is 0.375. The molecule has 22 heavy (non-hydrogen) atoms. The van der Waals surface area contributed by atoms with Crippen LogP contribution in [0.4, 0.5) is 0 Å². The second kappa shape index (κ2) is 9.04. The number of hydrogen-bond donors (Lipinski definition) is 2. The molecule has 118 valence electrons. The van der Waals surface area contributed by atoms with Crippen molar-refractivity contribution < 1.29 is 4.74 Å². The van der Waals surface area contributed by atoms with Gasteiger partial charge in [0, 0.05) is 17.6 Å². The molecule has 0 saturated heterocycles. The summed E-state index contributed by atoms with van der Waals surface area (Å²) >= 11 is 1.67. The molecule has 1 aromatic heterocycles. The molecule has 0 saturated carbocycles. The van der Waals surface area contributed by atoms with Gasteiger partial charge >= 0.3 is 0 Å². The van der Waals surface area contributed by atoms with Crippen LogP contribution < -0.4 is 15.4 Å². The van der Waals surface area contributed by atoms with Gasteiger partial charge in [0.25, 0.3) is 0 Å². The van der Waals surface area contributed by atoms with E-state index in [0.29, 0.717) is 19.7 Å². The van der Waals surface area contributed by atoms with Crippen molar-refractivity contribution in [1.29, 1.82) is 0 Å². The van der Waals surface area contributed by atoms with Crippen LogP contribution in [0, 0.1) is 6.92 Å². The number of ether oxygens (including phenoxy) is 1. The van der Waals surface area contributed by atoms with E-state index in [4.69, 9.17) is 4.74 Å². The average Bonchev–Trinajstić information content (AvgIpc) is 2.95. The molecule has 6 heteroatoms. The summed E-state index contributed by atoms with van der Waals surface area (Å²) in [6.45, 7) is 6.81. The molecular weight excluding hydrogens is 296 g/mol. The van der Waals surface area contributed by atoms with Crippen LogP contribution in [-0.4, -0.2) is 30.6 Å². The number of benzene rings is 1. The Kier molecular flexibility index (Phi) is 6.70. The zero-order chi connectivity index (χ0) is 15.6. The van der Waals surface area contributed by atoms with Crippen LogP contribution in [0.1, 0.15) is 16.8 Å². The Morgan fingerprint density at radius 3 is 2.77 bits per heavy atom. The first-order chi connectivity index (χ1) is 10.8. The highest BCUT2D eigenvalue weighted by atomic mass is 32.1. The smallest absolute Gasteiger partial charge is 0.191 e. The van der Waals surface area contributed by atoms with Gasteiger partial charge in [0.15, 0.2) is 5.96 Å². The second-order valence-electron chi connectivity index (χ2n) is 4.63. The lowest BCUT2D eigenvalue weighted by Crippen LogP contribution is -2.39. The van der Waals surface area contributed by atoms with Crippen LogP contribution in [0.2, 0.25) is 0 Å². The number of rotatable bonds is 7. The predicted molar refractivity (Wildman–Crippen MR) is 91.6 cm³/mol. The molecule has 0 spiro atoms. The van der Waals surface area contributed by atoms with E-state index in [-0.39, 0.29) is 0 Å². The largest absolute Gasteiger partial charge is 0.492 e. The minimum Gasteiger partial charge on any atom is -0.492 e. The van der Waals surface area contributed by atoms with Gasteiger partial charge in [0.1, 0.15) is 12.4 Å². The molecule has 1 aromatic carbocycles. The molecule has 0 aliphatic rings. The number of guanidine groups is 1. The maximum Gasteiger partial charge on any atom is 0.191 e. The van der Waals surface area contributed by atoms with Crippen molar-refractivity contribution in [3.63, 3.8) is 0 Å². The van der Waals surface area contributed by atoms with Gasteiger partial charge in [-0.2, -0.15) is 0 Å². The second-order valence-corrected chi connectivity index (χ2v) is 5.95. The van der Waals surface area contributed by atoms with E-state index in [1.807, 2.05) is 43.5 Å². The Morgan fingerprint density at radius 1 is 1.27 bits per heavy atom. The normalized spacial score (nSPS) is 11.3. The molecule has 5 nitrogen and oxygen atoms in total. The van der Waals surface area contributed by atoms with E-state index < -0.39 is 0 Å². The van der Waals surface area contributed by atoms with Gasteiger partial charge < -0.3 is 15.4 Å². The molecule has 2 aromatic rings. The number of aryl methyl sites for hydroxylation is 1. The van der Waals surface area contributed by atoms with E-state index in [1.165, 1.54) is 0 Å². The number of nitrogens with one attached hydrogen (secondary N) is 2. The summed E-state index contributed by atoms with van der Waals surface area (Å²) in [5.74, 6) is 1.68. The van der Waals surface area contributed by atoms with E-state index >= 15 is 0 Å². The molecule has 2 rings (SSSR count). The first-order valence-electron chi connectivity index (χ1n) is 7.39. The highest BCUT2D eigenvalue weighted by Gasteiger charge is 2.00. The third kappa shape index (κ3) is 5.73. The lowest BCUT2D eigenvalue weighted by Gasteiger charge is -2.11. The van der Waals surface area contributed by atoms with Crippen molar-refractivity contribution in [1.82, 2.24) is 15.6 Å². The molecule has 0 aliphatic carbocycles. The summed E-state index contributed by atoms with van der Waals surface area (Å²) in [6.07, 6.45) is 1.88. The topological polar surface area (TPSA) is 58.5 Å². The van der Waals surface area contributed by atoms with E-state index in [9.17, 15) is 0 Å². The Morgan fingerprint density at radius 2 is 2.09 bits per heavy atom. The lowest BCUT2D eigenvalue weighted by molar-refractivity contribution is 0.322. The predicted octanol–water partition coefficient (Wildman–Crippen LogP) is 2.59. The molecule has 0 amide bonds. The summed E-state index contributed by atoms with van der Waals surface area (Å²) in [4.78, 5) is 9.95. The minimum atomic E-state index is 0.591. The summed E-state index contributed by atoms with van der Waals surface area (Å²) in [6, 6.07) is 9.80. The molecular formula is C16H22N4OS. The van der Waals surface area contributed by atoms with Gasteiger partial charge in [0.2, 0.25) is 0 Å². The minimum absolute atomic E-state index is 0.591. The van der Waals surface area contributed by atoms with E-state index in [1.54, 1.807) is 11.3 Å². The lowest BCUT2D eigenvalue weighted by atomic mass is 10.3. The van der Waals surface area contributed by atoms with Gasteiger partial charge in [-0.1, -0.05) is 18.2 Å². The summed E-state index contributed by atoms with van der Waals surface area (Å²) < 4.78 is 5.65. The standard InChI is InChI=1S/C16H22N4OS/c1-3-17-16(20-12-15-11-19-13(2)22-15)18-9-10-21-14-7-5-4-6-8-14/h4-8,11H,3,9-10,12H2,1-2H3,(H2,17,18,20). The van der Waals surface area contributed by atoms with Crippen LogP contribution >= 0.6 is 11.3 Å². The number of thiazole rings is 1. The monoisotopic (exact) mass is 318 g/mol. The van der Waals surface area contributed by atoms with Crippen LogP contribution in [0.5, 0.6) is 5.75 Å². The number of para-hydroxylation sites is 1. The summed E-state index contributed by atoms with van der Waals surface area (Å²) in [7, 11) is 0. The molecule has 1 heterocycles. The fourth-order valence-corrected chi connectivity index (χ4v) is 2.55. The highest BCUT2D eigenvalue weighted by Crippen LogP contribution is 2.12. The Labute approximate surface area is 135 Å². The number of nitrogens with zero attached hydrogens (tertiary/aromatic N) is 2. The van der Waals surface area contributed by atoms with Crippen LogP contribution in [0.3, 0.4) is 0 Å². The van der Waals surface area contributed by atoms with Crippen molar-refractivity contribution in [2.24, 2.45) is 4.99 Å². The van der Waals surface area contributed by atoms with Crippen LogP contribution in [0.15, 0.2) is 41.5 Å². The van der Waals surface area contributed by atoms with Crippen molar-refractivity contribution in [3.8, 4) is 5.75 Å². The quantitative estimate of drug-likeness (QED) is 0.468. The van der Waals surface area contributed by atoms with Crippen LogP contribution in [-0.2, 0) is 6.54 Å². The van der Waals surface area contributed by atoms with Crippen molar-refractivity contribution in [3.05, 3.63) is 46.4 Å². The zero-order valence-electron chi connectivity index (χ0n) is 13.0. The molecule has 0 aliphatic heterocycles. The number of aliphatic imine (C=N–C) groups is 1. The maximum absolute atomic E-state index is 5.65. The third-order valence-electron chi connectivity index (χ3n) is 2.81. The van der Waals surface area contributed by atoms with Crippen molar-refractivity contribution >= 4 is 17.3 Å². The summed E-state index contributed by atoms with van der Waals surface area (Å²) in [5.41, 5.74) is 0. The Balaban J connectivity index is 1.76. The first kappa shape index (κ1) is 16.3. The van der Waals surface area contributed by atoms with Crippen molar-refractivity contribution in [2.45, 2.75) is 20.4 Å². The van der Waals surface area contributed by atoms with Gasteiger partial charge in [-0.25, -0.2) is 9.98 Å². The highest BCUT2D eigenvalue weighted by molar-refractivity contribution is 7.11. The molecule has 0 bridgehead atoms. The SMILES string of the molecule is CCNC(=NCc1cnc(C)s1)NCCOc1ccccc1. The zero-order valence-corrected chi connectivity index (χ0v) is 13.8. The molecule has 0 fully saturated rings. The summed E-state index contributed by atoms with van der Waals surface area (Å²) in [5, 5.41) is 7.56. The Hall–Kier alpha value is -2.08. The van der Waals surface area contributed by atoms with E-state index in [2.05, 4.69) is 27.5 Å². The molecule has 0 unspecified atom stereocenters. The van der Waals surface area contributed by atoms with Gasteiger partial charge in [-0.05, 0) is 26.0 Å². The molecule has 0 atom stereocenters. The Bertz CT molecular complexity index is 583. The third-order valence-corrected chi connectivity index (χ3v) is 3.71.